The molecule has 8 heavy (non-hydrogen) atoms. The van der Waals surface area contributed by atoms with Crippen molar-refractivity contribution in [3.05, 3.63) is 24.3 Å². The standard InChI is InChI=1S/C6H5ClO/c7-6-4-2-1-3-5(6)8-6/h1-5H. The van der Waals surface area contributed by atoms with Gasteiger partial charge in [-0.15, -0.1) is 0 Å². The number of hydrogen-bond acceptors (Lipinski definition) is 1. The highest BCUT2D eigenvalue weighted by Gasteiger charge is 2.52. The first-order valence-electron chi connectivity index (χ1n) is 2.54. The molecule has 1 aliphatic carbocycles. The molecule has 0 N–H and O–H groups in total. The molecule has 0 bridgehead atoms. The lowest BCUT2D eigenvalue weighted by Gasteiger charge is -1.93. The number of alkyl halides is 1. The minimum Gasteiger partial charge on any atom is -0.341 e. The van der Waals surface area contributed by atoms with Crippen LogP contribution in [0.5, 0.6) is 0 Å². The van der Waals surface area contributed by atoms with E-state index in [-0.39, 0.29) is 6.10 Å². The highest BCUT2D eigenvalue weighted by Crippen LogP contribution is 2.44. The van der Waals surface area contributed by atoms with E-state index in [4.69, 9.17) is 16.3 Å². The molecule has 1 saturated heterocycles. The number of allylic oxidation sites excluding steroid dienone is 2. The third-order valence-electron chi connectivity index (χ3n) is 1.36. The molecule has 1 fully saturated rings. The number of rotatable bonds is 0. The Balaban J connectivity index is 2.33. The maximum Gasteiger partial charge on any atom is 0.191 e. The van der Waals surface area contributed by atoms with Crippen molar-refractivity contribution in [1.29, 1.82) is 0 Å². The van der Waals surface area contributed by atoms with Crippen LogP contribution in [0.15, 0.2) is 24.3 Å². The van der Waals surface area contributed by atoms with E-state index in [2.05, 4.69) is 0 Å². The van der Waals surface area contributed by atoms with Crippen LogP contribution in [0.4, 0.5) is 0 Å². The van der Waals surface area contributed by atoms with Crippen LogP contribution in [0.2, 0.25) is 0 Å². The average Bonchev–Trinajstić information content (AvgIpc) is 2.39. The van der Waals surface area contributed by atoms with Crippen molar-refractivity contribution >= 4 is 11.6 Å². The minimum atomic E-state index is -0.450. The summed E-state index contributed by atoms with van der Waals surface area (Å²) in [5.74, 6) is 0. The van der Waals surface area contributed by atoms with E-state index in [9.17, 15) is 0 Å². The van der Waals surface area contributed by atoms with Crippen LogP contribution >= 0.6 is 11.6 Å². The van der Waals surface area contributed by atoms with Gasteiger partial charge in [-0.1, -0.05) is 29.8 Å². The number of hydrogen-bond donors (Lipinski definition) is 0. The largest absolute Gasteiger partial charge is 0.341 e. The molecule has 0 aromatic heterocycles. The van der Waals surface area contributed by atoms with Crippen LogP contribution in [0.25, 0.3) is 0 Å². The molecule has 0 amide bonds. The fraction of sp³-hybridized carbons (Fsp3) is 0.333. The van der Waals surface area contributed by atoms with Gasteiger partial charge in [0.1, 0.15) is 6.10 Å². The first-order valence-corrected chi connectivity index (χ1v) is 2.92. The van der Waals surface area contributed by atoms with E-state index in [0.717, 1.165) is 0 Å². The fourth-order valence-corrected chi connectivity index (χ4v) is 1.06. The summed E-state index contributed by atoms with van der Waals surface area (Å²) in [4.78, 5) is 0. The lowest BCUT2D eigenvalue weighted by atomic mass is 10.2. The second kappa shape index (κ2) is 1.17. The van der Waals surface area contributed by atoms with E-state index >= 15 is 0 Å². The summed E-state index contributed by atoms with van der Waals surface area (Å²) in [6.45, 7) is 0. The first-order chi connectivity index (χ1) is 3.81. The van der Waals surface area contributed by atoms with Crippen LogP contribution < -0.4 is 0 Å². The fourth-order valence-electron chi connectivity index (χ4n) is 0.817. The summed E-state index contributed by atoms with van der Waals surface area (Å²) in [7, 11) is 0. The molecule has 2 atom stereocenters. The van der Waals surface area contributed by atoms with Crippen molar-refractivity contribution in [2.45, 2.75) is 11.2 Å². The quantitative estimate of drug-likeness (QED) is 0.355. The monoisotopic (exact) mass is 128 g/mol. The Morgan fingerprint density at radius 3 is 2.88 bits per heavy atom. The van der Waals surface area contributed by atoms with Gasteiger partial charge in [0.15, 0.2) is 5.06 Å². The van der Waals surface area contributed by atoms with Gasteiger partial charge in [-0.2, -0.15) is 0 Å². The van der Waals surface area contributed by atoms with Gasteiger partial charge < -0.3 is 4.74 Å². The summed E-state index contributed by atoms with van der Waals surface area (Å²) >= 11 is 5.79. The van der Waals surface area contributed by atoms with E-state index in [1.165, 1.54) is 0 Å². The van der Waals surface area contributed by atoms with Gasteiger partial charge in [-0.25, -0.2) is 0 Å². The zero-order valence-electron chi connectivity index (χ0n) is 4.17. The van der Waals surface area contributed by atoms with E-state index in [0.29, 0.717) is 0 Å². The van der Waals surface area contributed by atoms with E-state index in [1.54, 1.807) is 0 Å². The summed E-state index contributed by atoms with van der Waals surface area (Å²) < 4.78 is 5.06. The summed E-state index contributed by atoms with van der Waals surface area (Å²) in [6, 6.07) is 0. The second-order valence-corrected chi connectivity index (χ2v) is 2.57. The SMILES string of the molecule is ClC12C=CC=CC1O2. The predicted octanol–water partition coefficient (Wildman–Crippen LogP) is 1.45. The molecule has 2 aliphatic rings. The molecule has 0 aromatic carbocycles. The number of fused-ring (bicyclic) bond motifs is 1. The lowest BCUT2D eigenvalue weighted by Crippen LogP contribution is -2.00. The molecule has 1 aliphatic heterocycles. The molecule has 2 heteroatoms. The van der Waals surface area contributed by atoms with Gasteiger partial charge in [0.25, 0.3) is 0 Å². The van der Waals surface area contributed by atoms with Crippen LogP contribution in [0, 0.1) is 0 Å². The molecule has 42 valence electrons. The third-order valence-corrected chi connectivity index (χ3v) is 1.79. The molecule has 1 heterocycles. The van der Waals surface area contributed by atoms with Crippen molar-refractivity contribution in [3.63, 3.8) is 0 Å². The molecule has 1 nitrogen and oxygen atoms in total. The Kier molecular flexibility index (Phi) is 0.673. The Hall–Kier alpha value is -0.270. The van der Waals surface area contributed by atoms with Gasteiger partial charge in [0, 0.05) is 0 Å². The zero-order chi connectivity index (χ0) is 5.61. The maximum absolute atomic E-state index is 5.79. The number of epoxide rings is 1. The highest BCUT2D eigenvalue weighted by atomic mass is 35.5. The minimum absolute atomic E-state index is 0.147. The highest BCUT2D eigenvalue weighted by molar-refractivity contribution is 6.26. The zero-order valence-corrected chi connectivity index (χ0v) is 4.93. The van der Waals surface area contributed by atoms with E-state index < -0.39 is 5.06 Å². The van der Waals surface area contributed by atoms with Crippen molar-refractivity contribution < 1.29 is 4.74 Å². The molecule has 0 spiro atoms. The molecule has 0 radical (unpaired) electrons. The van der Waals surface area contributed by atoms with Crippen molar-refractivity contribution in [2.75, 3.05) is 0 Å². The van der Waals surface area contributed by atoms with Crippen LogP contribution in [-0.4, -0.2) is 11.2 Å². The molecule has 0 saturated carbocycles. The smallest absolute Gasteiger partial charge is 0.191 e. The normalized spacial score (nSPS) is 48.9. The Bertz CT molecular complexity index is 173. The third kappa shape index (κ3) is 0.458. The van der Waals surface area contributed by atoms with E-state index in [1.807, 2.05) is 24.3 Å². The Morgan fingerprint density at radius 2 is 2.38 bits per heavy atom. The topological polar surface area (TPSA) is 12.5 Å². The molecular weight excluding hydrogens is 124 g/mol. The summed E-state index contributed by atoms with van der Waals surface area (Å²) in [5, 5.41) is -0.450. The molecular formula is C6H5ClO. The van der Waals surface area contributed by atoms with Crippen molar-refractivity contribution in [3.8, 4) is 0 Å². The van der Waals surface area contributed by atoms with Gasteiger partial charge >= 0.3 is 0 Å². The van der Waals surface area contributed by atoms with Gasteiger partial charge in [0.05, 0.1) is 0 Å². The van der Waals surface area contributed by atoms with Gasteiger partial charge in [-0.3, -0.25) is 0 Å². The first kappa shape index (κ1) is 4.59. The maximum atomic E-state index is 5.79. The van der Waals surface area contributed by atoms with Crippen molar-refractivity contribution in [1.82, 2.24) is 0 Å². The van der Waals surface area contributed by atoms with Crippen LogP contribution in [0.3, 0.4) is 0 Å². The molecule has 0 aromatic rings. The average molecular weight is 129 g/mol. The van der Waals surface area contributed by atoms with Crippen molar-refractivity contribution in [2.24, 2.45) is 0 Å². The van der Waals surface area contributed by atoms with Gasteiger partial charge in [0.2, 0.25) is 0 Å². The summed E-state index contributed by atoms with van der Waals surface area (Å²) in [6.07, 6.45) is 7.80. The number of halogens is 1. The van der Waals surface area contributed by atoms with Crippen LogP contribution in [0.1, 0.15) is 0 Å². The lowest BCUT2D eigenvalue weighted by molar-refractivity contribution is 0.396. The predicted molar refractivity (Wildman–Crippen MR) is 31.7 cm³/mol. The van der Waals surface area contributed by atoms with Gasteiger partial charge in [-0.05, 0) is 6.08 Å². The Labute approximate surface area is 52.6 Å². The molecule has 2 rings (SSSR count). The number of ether oxygens (including phenoxy) is 1. The van der Waals surface area contributed by atoms with Crippen LogP contribution in [-0.2, 0) is 4.74 Å². The molecule has 2 unspecified atom stereocenters. The Morgan fingerprint density at radius 1 is 1.50 bits per heavy atom. The summed E-state index contributed by atoms with van der Waals surface area (Å²) in [5.41, 5.74) is 0. The second-order valence-electron chi connectivity index (χ2n) is 1.98.